The zero-order chi connectivity index (χ0) is 23.3. The summed E-state index contributed by atoms with van der Waals surface area (Å²) in [4.78, 5) is 0.382. The molecule has 0 heterocycles. The molecule has 7 heteroatoms. The van der Waals surface area contributed by atoms with Crippen LogP contribution in [0, 0.1) is 0 Å². The molecule has 0 aromatic heterocycles. The van der Waals surface area contributed by atoms with E-state index in [-0.39, 0.29) is 9.79 Å². The maximum atomic E-state index is 13.0. The molecule has 0 N–H and O–H groups in total. The molecule has 4 rings (SSSR count). The summed E-state index contributed by atoms with van der Waals surface area (Å²) in [7, 11) is -3.66. The molecule has 0 saturated heterocycles. The molecule has 4 aromatic rings. The second kappa shape index (κ2) is 10.3. The second-order valence-electron chi connectivity index (χ2n) is 7.28. The van der Waals surface area contributed by atoms with Crippen molar-refractivity contribution in [1.29, 1.82) is 0 Å². The van der Waals surface area contributed by atoms with Gasteiger partial charge in [-0.2, -0.15) is 0 Å². The summed E-state index contributed by atoms with van der Waals surface area (Å²) in [5.74, 6) is 1.16. The van der Waals surface area contributed by atoms with Gasteiger partial charge in [0.05, 0.1) is 9.79 Å². The fourth-order valence-corrected chi connectivity index (χ4v) is 4.57. The van der Waals surface area contributed by atoms with Gasteiger partial charge >= 0.3 is 0 Å². The van der Waals surface area contributed by atoms with Crippen LogP contribution in [-0.4, -0.2) is 8.42 Å². The first kappa shape index (κ1) is 23.2. The topological polar surface area (TPSA) is 52.6 Å². The van der Waals surface area contributed by atoms with Gasteiger partial charge < -0.3 is 9.47 Å². The van der Waals surface area contributed by atoms with Crippen molar-refractivity contribution in [3.63, 3.8) is 0 Å². The molecule has 0 aliphatic carbocycles. The minimum atomic E-state index is -3.66. The van der Waals surface area contributed by atoms with Crippen molar-refractivity contribution in [2.45, 2.75) is 23.0 Å². The first-order valence-corrected chi connectivity index (χ1v) is 12.3. The molecule has 4 nitrogen and oxygen atoms in total. The number of sulfone groups is 1. The lowest BCUT2D eigenvalue weighted by atomic mass is 10.2. The van der Waals surface area contributed by atoms with Gasteiger partial charge in [0.15, 0.2) is 0 Å². The van der Waals surface area contributed by atoms with Gasteiger partial charge in [-0.15, -0.1) is 0 Å². The average Bonchev–Trinajstić information content (AvgIpc) is 2.84. The van der Waals surface area contributed by atoms with Crippen LogP contribution >= 0.6 is 23.2 Å². The van der Waals surface area contributed by atoms with E-state index < -0.39 is 9.84 Å². The van der Waals surface area contributed by atoms with Gasteiger partial charge in [0, 0.05) is 10.0 Å². The normalized spacial score (nSPS) is 11.2. The lowest BCUT2D eigenvalue weighted by Gasteiger charge is -2.10. The molecule has 33 heavy (non-hydrogen) atoms. The van der Waals surface area contributed by atoms with E-state index in [0.29, 0.717) is 34.8 Å². The van der Waals surface area contributed by atoms with Crippen LogP contribution in [0.1, 0.15) is 11.1 Å². The maximum absolute atomic E-state index is 13.0. The van der Waals surface area contributed by atoms with Crippen molar-refractivity contribution in [2.75, 3.05) is 0 Å². The Bertz CT molecular complexity index is 1200. The summed E-state index contributed by atoms with van der Waals surface area (Å²) in [5.41, 5.74) is 1.93. The van der Waals surface area contributed by atoms with Gasteiger partial charge in [-0.3, -0.25) is 0 Å². The lowest BCUT2D eigenvalue weighted by Crippen LogP contribution is -2.03. The van der Waals surface area contributed by atoms with Gasteiger partial charge in [0.2, 0.25) is 9.84 Å². The fraction of sp³-hybridized carbons (Fsp3) is 0.0769. The maximum Gasteiger partial charge on any atom is 0.206 e. The summed E-state index contributed by atoms with van der Waals surface area (Å²) in [5, 5.41) is 1.32. The van der Waals surface area contributed by atoms with E-state index >= 15 is 0 Å². The van der Waals surface area contributed by atoms with Gasteiger partial charge in [0.25, 0.3) is 0 Å². The molecule has 0 fully saturated rings. The molecule has 0 bridgehead atoms. The van der Waals surface area contributed by atoms with Crippen LogP contribution in [0.4, 0.5) is 0 Å². The highest BCUT2D eigenvalue weighted by atomic mass is 35.5. The summed E-state index contributed by atoms with van der Waals surface area (Å²) < 4.78 is 37.4. The third-order valence-corrected chi connectivity index (χ3v) is 7.20. The Kier molecular flexibility index (Phi) is 7.23. The number of rotatable bonds is 8. The summed E-state index contributed by atoms with van der Waals surface area (Å²) in [6.45, 7) is 0.724. The number of halogens is 2. The average molecular weight is 499 g/mol. The Morgan fingerprint density at radius 2 is 0.848 bits per heavy atom. The van der Waals surface area contributed by atoms with Gasteiger partial charge in [0.1, 0.15) is 24.7 Å². The van der Waals surface area contributed by atoms with Crippen LogP contribution in [-0.2, 0) is 23.1 Å². The van der Waals surface area contributed by atoms with E-state index in [2.05, 4.69) is 0 Å². The minimum Gasteiger partial charge on any atom is -0.489 e. The summed E-state index contributed by atoms with van der Waals surface area (Å²) >= 11 is 11.8. The molecule has 0 spiro atoms. The van der Waals surface area contributed by atoms with Crippen molar-refractivity contribution in [3.05, 3.63) is 118 Å². The van der Waals surface area contributed by atoms with E-state index in [1.807, 2.05) is 24.3 Å². The monoisotopic (exact) mass is 498 g/mol. The van der Waals surface area contributed by atoms with E-state index in [4.69, 9.17) is 32.7 Å². The number of ether oxygens (including phenoxy) is 2. The predicted octanol–water partition coefficient (Wildman–Crippen LogP) is 6.98. The Balaban J connectivity index is 1.38. The zero-order valence-corrected chi connectivity index (χ0v) is 19.8. The van der Waals surface area contributed by atoms with Crippen molar-refractivity contribution >= 4 is 33.0 Å². The van der Waals surface area contributed by atoms with Crippen LogP contribution in [0.3, 0.4) is 0 Å². The van der Waals surface area contributed by atoms with Crippen molar-refractivity contribution in [3.8, 4) is 11.5 Å². The van der Waals surface area contributed by atoms with Gasteiger partial charge in [-0.1, -0.05) is 47.5 Å². The first-order valence-electron chi connectivity index (χ1n) is 10.1. The Labute approximate surface area is 203 Å². The Morgan fingerprint density at radius 3 is 1.18 bits per heavy atom. The SMILES string of the molecule is O=S(=O)(c1ccc(OCc2ccc(Cl)cc2)cc1)c1ccc(OCc2ccc(Cl)cc2)cc1. The lowest BCUT2D eigenvalue weighted by molar-refractivity contribution is 0.306. The largest absolute Gasteiger partial charge is 0.489 e. The molecule has 0 atom stereocenters. The molecule has 0 radical (unpaired) electrons. The van der Waals surface area contributed by atoms with Gasteiger partial charge in [-0.05, 0) is 83.9 Å². The molecule has 4 aromatic carbocycles. The van der Waals surface area contributed by atoms with E-state index in [0.717, 1.165) is 11.1 Å². The molecule has 168 valence electrons. The smallest absolute Gasteiger partial charge is 0.206 e. The first-order chi connectivity index (χ1) is 15.9. The highest BCUT2D eigenvalue weighted by Gasteiger charge is 2.17. The van der Waals surface area contributed by atoms with Crippen LogP contribution in [0.15, 0.2) is 107 Å². The third kappa shape index (κ3) is 6.08. The van der Waals surface area contributed by atoms with E-state index in [1.54, 1.807) is 48.5 Å². The highest BCUT2D eigenvalue weighted by Crippen LogP contribution is 2.26. The zero-order valence-electron chi connectivity index (χ0n) is 17.4. The minimum absolute atomic E-state index is 0.191. The molecule has 0 unspecified atom stereocenters. The van der Waals surface area contributed by atoms with Crippen LogP contribution < -0.4 is 9.47 Å². The molecule has 0 amide bonds. The van der Waals surface area contributed by atoms with Crippen LogP contribution in [0.25, 0.3) is 0 Å². The van der Waals surface area contributed by atoms with E-state index in [1.165, 1.54) is 24.3 Å². The molecule has 0 aliphatic heterocycles. The van der Waals surface area contributed by atoms with Gasteiger partial charge in [-0.25, -0.2) is 8.42 Å². The summed E-state index contributed by atoms with van der Waals surface area (Å²) in [6.07, 6.45) is 0. The number of benzene rings is 4. The Morgan fingerprint density at radius 1 is 0.515 bits per heavy atom. The predicted molar refractivity (Wildman–Crippen MR) is 130 cm³/mol. The summed E-state index contributed by atoms with van der Waals surface area (Å²) in [6, 6.07) is 27.4. The highest BCUT2D eigenvalue weighted by molar-refractivity contribution is 7.91. The van der Waals surface area contributed by atoms with Crippen LogP contribution in [0.5, 0.6) is 11.5 Å². The number of hydrogen-bond donors (Lipinski definition) is 0. The molecule has 0 saturated carbocycles. The number of hydrogen-bond acceptors (Lipinski definition) is 4. The standard InChI is InChI=1S/C26H20Cl2O4S/c27-21-5-1-19(2-6-21)17-31-23-9-13-25(14-10-23)33(29,30)26-15-11-24(12-16-26)32-18-20-3-7-22(28)8-4-20/h1-16H,17-18H2. The van der Waals surface area contributed by atoms with Crippen molar-refractivity contribution < 1.29 is 17.9 Å². The van der Waals surface area contributed by atoms with E-state index in [9.17, 15) is 8.42 Å². The van der Waals surface area contributed by atoms with Crippen molar-refractivity contribution in [2.24, 2.45) is 0 Å². The third-order valence-electron chi connectivity index (χ3n) is 4.91. The molecular formula is C26H20Cl2O4S. The Hall–Kier alpha value is -2.99. The second-order valence-corrected chi connectivity index (χ2v) is 10.1. The molecular weight excluding hydrogens is 479 g/mol. The molecule has 0 aliphatic rings. The van der Waals surface area contributed by atoms with Crippen LogP contribution in [0.2, 0.25) is 10.0 Å². The van der Waals surface area contributed by atoms with Crippen molar-refractivity contribution in [1.82, 2.24) is 0 Å². The fourth-order valence-electron chi connectivity index (χ4n) is 3.06. The quantitative estimate of drug-likeness (QED) is 0.262.